The van der Waals surface area contributed by atoms with Crippen LogP contribution in [0.2, 0.25) is 0 Å². The average Bonchev–Trinajstić information content (AvgIpc) is 2.27. The minimum atomic E-state index is -0.195. The van der Waals surface area contributed by atoms with Crippen molar-refractivity contribution in [2.45, 2.75) is 44.9 Å². The summed E-state index contributed by atoms with van der Waals surface area (Å²) < 4.78 is 0. The van der Waals surface area contributed by atoms with Crippen LogP contribution in [0.5, 0.6) is 0 Å². The van der Waals surface area contributed by atoms with Crippen molar-refractivity contribution in [3.8, 4) is 0 Å². The number of hydrogen-bond donors (Lipinski definition) is 1. The van der Waals surface area contributed by atoms with Crippen molar-refractivity contribution in [1.29, 1.82) is 0 Å². The van der Waals surface area contributed by atoms with Crippen LogP contribution in [0.15, 0.2) is 12.7 Å². The summed E-state index contributed by atoms with van der Waals surface area (Å²) in [7, 11) is 0. The highest BCUT2D eigenvalue weighted by Gasteiger charge is 2.41. The van der Waals surface area contributed by atoms with E-state index < -0.39 is 0 Å². The Morgan fingerprint density at radius 3 is 2.58 bits per heavy atom. The standard InChI is InChI=1S/C10H19NO/c1-5-8(2)11-7-6-9(12)10(11,3)4/h5,8-9,12H,1,6-7H2,2-4H3. The van der Waals surface area contributed by atoms with Crippen LogP contribution in [0, 0.1) is 0 Å². The maximum absolute atomic E-state index is 9.70. The smallest absolute Gasteiger partial charge is 0.0730 e. The van der Waals surface area contributed by atoms with E-state index in [2.05, 4.69) is 32.3 Å². The fraction of sp³-hybridized carbons (Fsp3) is 0.800. The molecule has 2 heteroatoms. The van der Waals surface area contributed by atoms with Crippen LogP contribution in [0.1, 0.15) is 27.2 Å². The van der Waals surface area contributed by atoms with E-state index in [1.54, 1.807) is 0 Å². The molecule has 1 heterocycles. The molecule has 1 saturated heterocycles. The Morgan fingerprint density at radius 1 is 1.67 bits per heavy atom. The fourth-order valence-corrected chi connectivity index (χ4v) is 1.95. The van der Waals surface area contributed by atoms with Gasteiger partial charge in [-0.25, -0.2) is 0 Å². The number of rotatable bonds is 2. The second-order valence-corrected chi connectivity index (χ2v) is 4.13. The molecule has 0 aromatic carbocycles. The molecule has 2 nitrogen and oxygen atoms in total. The van der Waals surface area contributed by atoms with Gasteiger partial charge in [0.15, 0.2) is 0 Å². The van der Waals surface area contributed by atoms with Crippen molar-refractivity contribution in [3.05, 3.63) is 12.7 Å². The maximum atomic E-state index is 9.70. The molecule has 0 saturated carbocycles. The van der Waals surface area contributed by atoms with Crippen LogP contribution >= 0.6 is 0 Å². The molecule has 1 rings (SSSR count). The van der Waals surface area contributed by atoms with Crippen molar-refractivity contribution >= 4 is 0 Å². The predicted molar refractivity (Wildman–Crippen MR) is 51.1 cm³/mol. The van der Waals surface area contributed by atoms with Crippen LogP contribution < -0.4 is 0 Å². The van der Waals surface area contributed by atoms with Gasteiger partial charge in [-0.3, -0.25) is 4.90 Å². The van der Waals surface area contributed by atoms with Crippen LogP contribution in [0.25, 0.3) is 0 Å². The summed E-state index contributed by atoms with van der Waals surface area (Å²) >= 11 is 0. The van der Waals surface area contributed by atoms with E-state index in [-0.39, 0.29) is 11.6 Å². The summed E-state index contributed by atoms with van der Waals surface area (Å²) in [5.41, 5.74) is -0.0897. The lowest BCUT2D eigenvalue weighted by Gasteiger charge is -2.36. The summed E-state index contributed by atoms with van der Waals surface area (Å²) in [6.45, 7) is 11.0. The van der Waals surface area contributed by atoms with Gasteiger partial charge in [0.25, 0.3) is 0 Å². The SMILES string of the molecule is C=CC(C)N1CCC(O)C1(C)C. The Bertz CT molecular complexity index is 177. The first-order valence-corrected chi connectivity index (χ1v) is 4.57. The Balaban J connectivity index is 2.74. The van der Waals surface area contributed by atoms with Crippen LogP contribution in [-0.4, -0.2) is 34.2 Å². The lowest BCUT2D eigenvalue weighted by Crippen LogP contribution is -2.48. The monoisotopic (exact) mass is 169 g/mol. The van der Waals surface area contributed by atoms with Gasteiger partial charge in [0, 0.05) is 18.1 Å². The molecule has 1 N–H and O–H groups in total. The van der Waals surface area contributed by atoms with Crippen molar-refractivity contribution in [2.24, 2.45) is 0 Å². The first-order chi connectivity index (χ1) is 5.50. The number of aliphatic hydroxyl groups is 1. The molecule has 12 heavy (non-hydrogen) atoms. The number of aliphatic hydroxyl groups excluding tert-OH is 1. The minimum absolute atomic E-state index is 0.0897. The van der Waals surface area contributed by atoms with Crippen molar-refractivity contribution in [1.82, 2.24) is 4.90 Å². The lowest BCUT2D eigenvalue weighted by molar-refractivity contribution is 0.0444. The molecule has 0 amide bonds. The lowest BCUT2D eigenvalue weighted by atomic mass is 9.97. The van der Waals surface area contributed by atoms with Crippen molar-refractivity contribution in [3.63, 3.8) is 0 Å². The quantitative estimate of drug-likeness (QED) is 0.632. The third-order valence-electron chi connectivity index (χ3n) is 3.03. The summed E-state index contributed by atoms with van der Waals surface area (Å²) in [5, 5.41) is 9.70. The van der Waals surface area contributed by atoms with Gasteiger partial charge in [-0.1, -0.05) is 6.08 Å². The van der Waals surface area contributed by atoms with Gasteiger partial charge in [-0.2, -0.15) is 0 Å². The first kappa shape index (κ1) is 9.75. The van der Waals surface area contributed by atoms with E-state index in [9.17, 15) is 5.11 Å². The Morgan fingerprint density at radius 2 is 2.25 bits per heavy atom. The molecule has 0 spiro atoms. The maximum Gasteiger partial charge on any atom is 0.0730 e. The first-order valence-electron chi connectivity index (χ1n) is 4.57. The Labute approximate surface area is 74.9 Å². The van der Waals surface area contributed by atoms with Gasteiger partial charge in [-0.15, -0.1) is 6.58 Å². The predicted octanol–water partition coefficient (Wildman–Crippen LogP) is 1.41. The summed E-state index contributed by atoms with van der Waals surface area (Å²) in [4.78, 5) is 2.30. The number of hydrogen-bond acceptors (Lipinski definition) is 2. The molecule has 1 aliphatic heterocycles. The molecule has 0 aliphatic carbocycles. The van der Waals surface area contributed by atoms with E-state index in [1.165, 1.54) is 0 Å². The van der Waals surface area contributed by atoms with Gasteiger partial charge in [0.1, 0.15) is 0 Å². The third kappa shape index (κ3) is 1.41. The van der Waals surface area contributed by atoms with Gasteiger partial charge in [0.05, 0.1) is 6.10 Å². The molecule has 1 aliphatic rings. The van der Waals surface area contributed by atoms with Crippen LogP contribution in [0.3, 0.4) is 0 Å². The van der Waals surface area contributed by atoms with Gasteiger partial charge < -0.3 is 5.11 Å². The van der Waals surface area contributed by atoms with Crippen molar-refractivity contribution in [2.75, 3.05) is 6.54 Å². The van der Waals surface area contributed by atoms with E-state index in [1.807, 2.05) is 6.08 Å². The normalized spacial score (nSPS) is 31.8. The molecule has 0 bridgehead atoms. The van der Waals surface area contributed by atoms with E-state index in [4.69, 9.17) is 0 Å². The largest absolute Gasteiger partial charge is 0.391 e. The molecule has 2 unspecified atom stereocenters. The zero-order chi connectivity index (χ0) is 9.35. The minimum Gasteiger partial charge on any atom is -0.391 e. The van der Waals surface area contributed by atoms with Gasteiger partial charge >= 0.3 is 0 Å². The van der Waals surface area contributed by atoms with Crippen LogP contribution in [-0.2, 0) is 0 Å². The molecule has 0 aromatic rings. The molecule has 2 atom stereocenters. The molecular formula is C10H19NO. The highest BCUT2D eigenvalue weighted by Crippen LogP contribution is 2.30. The summed E-state index contributed by atoms with van der Waals surface area (Å²) in [6.07, 6.45) is 2.62. The molecule has 0 aromatic heterocycles. The average molecular weight is 169 g/mol. The molecule has 0 radical (unpaired) electrons. The van der Waals surface area contributed by atoms with Crippen LogP contribution in [0.4, 0.5) is 0 Å². The van der Waals surface area contributed by atoms with E-state index in [0.717, 1.165) is 13.0 Å². The Hall–Kier alpha value is -0.340. The second-order valence-electron chi connectivity index (χ2n) is 4.13. The summed E-state index contributed by atoms with van der Waals surface area (Å²) in [5.74, 6) is 0. The van der Waals surface area contributed by atoms with E-state index in [0.29, 0.717) is 6.04 Å². The zero-order valence-corrected chi connectivity index (χ0v) is 8.25. The molecular weight excluding hydrogens is 150 g/mol. The molecule has 1 fully saturated rings. The number of likely N-dealkylation sites (tertiary alicyclic amines) is 1. The number of nitrogens with zero attached hydrogens (tertiary/aromatic N) is 1. The van der Waals surface area contributed by atoms with Gasteiger partial charge in [-0.05, 0) is 27.2 Å². The third-order valence-corrected chi connectivity index (χ3v) is 3.03. The highest BCUT2D eigenvalue weighted by atomic mass is 16.3. The highest BCUT2D eigenvalue weighted by molar-refractivity contribution is 5.01. The Kier molecular flexibility index (Phi) is 2.59. The van der Waals surface area contributed by atoms with E-state index >= 15 is 0 Å². The topological polar surface area (TPSA) is 23.5 Å². The second kappa shape index (κ2) is 3.19. The van der Waals surface area contributed by atoms with Gasteiger partial charge in [0.2, 0.25) is 0 Å². The zero-order valence-electron chi connectivity index (χ0n) is 8.25. The molecule has 70 valence electrons. The van der Waals surface area contributed by atoms with Crippen molar-refractivity contribution < 1.29 is 5.11 Å². The fourth-order valence-electron chi connectivity index (χ4n) is 1.95. The summed E-state index contributed by atoms with van der Waals surface area (Å²) in [6, 6.07) is 0.358.